The van der Waals surface area contributed by atoms with Gasteiger partial charge in [0.15, 0.2) is 18.4 Å². The molecule has 0 unspecified atom stereocenters. The van der Waals surface area contributed by atoms with E-state index in [-0.39, 0.29) is 10.7 Å². The third kappa shape index (κ3) is 2.57. The zero-order valence-corrected chi connectivity index (χ0v) is 15.9. The molecule has 0 fully saturated rings. The highest BCUT2D eigenvalue weighted by Gasteiger charge is 2.20. The van der Waals surface area contributed by atoms with E-state index in [9.17, 15) is 9.70 Å². The third-order valence-corrected chi connectivity index (χ3v) is 4.93. The Bertz CT molecular complexity index is 1490. The first-order valence-corrected chi connectivity index (χ1v) is 9.07. The van der Waals surface area contributed by atoms with Gasteiger partial charge in [-0.05, 0) is 30.3 Å². The Balaban J connectivity index is 1.94. The van der Waals surface area contributed by atoms with Crippen molar-refractivity contribution in [1.29, 1.82) is 0 Å². The van der Waals surface area contributed by atoms with Gasteiger partial charge < -0.3 is 0 Å². The molecule has 5 rings (SSSR count). The Hall–Kier alpha value is -3.78. The molecule has 0 atom stereocenters. The van der Waals surface area contributed by atoms with Crippen molar-refractivity contribution in [2.45, 2.75) is 0 Å². The van der Waals surface area contributed by atoms with Crippen molar-refractivity contribution in [3.8, 4) is 5.69 Å². The molecule has 0 radical (unpaired) electrons. The van der Waals surface area contributed by atoms with Crippen LogP contribution in [0.4, 0.5) is 5.69 Å². The lowest BCUT2D eigenvalue weighted by Gasteiger charge is -2.10. The standard InChI is InChI=1S/C20H13ClN5O3/c1-29-26(28)13-8-6-12(7-9-13)24-19-18(14-4-2-3-5-15(14)20(24)27)22-17-11-10-16(21)23-25(17)19/h2-11H,1H3/q+1. The highest BCUT2D eigenvalue weighted by atomic mass is 35.5. The monoisotopic (exact) mass is 406 g/mol. The fraction of sp³-hybridized carbons (Fsp3) is 0.0500. The molecule has 3 aromatic heterocycles. The molecule has 0 amide bonds. The van der Waals surface area contributed by atoms with Crippen molar-refractivity contribution >= 4 is 44.9 Å². The van der Waals surface area contributed by atoms with E-state index in [0.717, 1.165) is 5.39 Å². The van der Waals surface area contributed by atoms with Crippen molar-refractivity contribution < 1.29 is 9.76 Å². The first-order valence-electron chi connectivity index (χ1n) is 8.69. The average Bonchev–Trinajstić information content (AvgIpc) is 3.12. The topological polar surface area (TPSA) is 81.5 Å². The van der Waals surface area contributed by atoms with E-state index in [1.54, 1.807) is 47.0 Å². The first kappa shape index (κ1) is 17.3. The normalized spacial score (nSPS) is 11.4. The smallest absolute Gasteiger partial charge is 0.268 e. The van der Waals surface area contributed by atoms with Gasteiger partial charge in [0.05, 0.1) is 10.6 Å². The zero-order chi connectivity index (χ0) is 20.1. The van der Waals surface area contributed by atoms with Gasteiger partial charge in [-0.2, -0.15) is 9.61 Å². The number of imidazole rings is 1. The van der Waals surface area contributed by atoms with Gasteiger partial charge in [0.1, 0.15) is 10.7 Å². The molecule has 0 spiro atoms. The highest BCUT2D eigenvalue weighted by Crippen LogP contribution is 2.26. The Labute approximate surface area is 168 Å². The van der Waals surface area contributed by atoms with Crippen molar-refractivity contribution in [1.82, 2.24) is 19.2 Å². The minimum absolute atomic E-state index is 0.227. The Morgan fingerprint density at radius 1 is 1.00 bits per heavy atom. The van der Waals surface area contributed by atoms with Crippen molar-refractivity contribution in [3.05, 3.63) is 81.1 Å². The maximum Gasteiger partial charge on any atom is 0.316 e. The van der Waals surface area contributed by atoms with Crippen LogP contribution in [0.2, 0.25) is 5.15 Å². The predicted molar refractivity (Wildman–Crippen MR) is 109 cm³/mol. The van der Waals surface area contributed by atoms with E-state index >= 15 is 0 Å². The summed E-state index contributed by atoms with van der Waals surface area (Å²) in [6, 6.07) is 17.2. The maximum absolute atomic E-state index is 13.4. The van der Waals surface area contributed by atoms with Gasteiger partial charge in [0.25, 0.3) is 10.5 Å². The number of halogens is 1. The summed E-state index contributed by atoms with van der Waals surface area (Å²) in [4.78, 5) is 34.8. The maximum atomic E-state index is 13.4. The summed E-state index contributed by atoms with van der Waals surface area (Å²) in [6.07, 6.45) is 0. The van der Waals surface area contributed by atoms with Gasteiger partial charge in [0, 0.05) is 22.9 Å². The van der Waals surface area contributed by atoms with Crippen LogP contribution in [0.1, 0.15) is 0 Å². The quantitative estimate of drug-likeness (QED) is 0.425. The molecular formula is C20H13ClN5O3+. The van der Waals surface area contributed by atoms with Crippen LogP contribution >= 0.6 is 11.6 Å². The highest BCUT2D eigenvalue weighted by molar-refractivity contribution is 6.29. The second-order valence-corrected chi connectivity index (χ2v) is 6.74. The molecule has 29 heavy (non-hydrogen) atoms. The van der Waals surface area contributed by atoms with Crippen LogP contribution in [0.15, 0.2) is 65.5 Å². The molecule has 142 valence electrons. The van der Waals surface area contributed by atoms with E-state index in [0.29, 0.717) is 38.5 Å². The second kappa shape index (κ2) is 6.39. The lowest BCUT2D eigenvalue weighted by Crippen LogP contribution is -2.20. The number of rotatable bonds is 3. The number of hydrogen-bond acceptors (Lipinski definition) is 5. The molecule has 0 N–H and O–H groups in total. The summed E-state index contributed by atoms with van der Waals surface area (Å²) < 4.78 is 3.07. The lowest BCUT2D eigenvalue weighted by atomic mass is 10.1. The summed E-state index contributed by atoms with van der Waals surface area (Å²) in [5.41, 5.74) is 2.32. The van der Waals surface area contributed by atoms with E-state index < -0.39 is 0 Å². The SMILES string of the molecule is CO[N+](=O)c1ccc(-n2c(=O)c3ccccc3c3nc4ccc(Cl)nn4c32)cc1. The van der Waals surface area contributed by atoms with Crippen LogP contribution in [-0.2, 0) is 4.84 Å². The molecule has 2 aromatic carbocycles. The molecule has 3 heterocycles. The number of nitrogens with zero attached hydrogens (tertiary/aromatic N) is 5. The Kier molecular flexibility index (Phi) is 3.82. The van der Waals surface area contributed by atoms with Crippen LogP contribution in [0, 0.1) is 4.91 Å². The number of benzene rings is 2. The number of hydrogen-bond donors (Lipinski definition) is 0. The van der Waals surface area contributed by atoms with E-state index in [2.05, 4.69) is 14.9 Å². The number of pyridine rings is 1. The van der Waals surface area contributed by atoms with Crippen LogP contribution < -0.4 is 5.56 Å². The van der Waals surface area contributed by atoms with Crippen molar-refractivity contribution in [3.63, 3.8) is 0 Å². The van der Waals surface area contributed by atoms with Gasteiger partial charge in [-0.1, -0.05) is 29.8 Å². The molecule has 0 saturated carbocycles. The zero-order valence-electron chi connectivity index (χ0n) is 15.1. The summed E-state index contributed by atoms with van der Waals surface area (Å²) in [5.74, 6) is 0. The molecule has 0 saturated heterocycles. The molecule has 9 heteroatoms. The Morgan fingerprint density at radius 2 is 1.72 bits per heavy atom. The van der Waals surface area contributed by atoms with Crippen LogP contribution in [-0.4, -0.2) is 31.2 Å². The van der Waals surface area contributed by atoms with Crippen molar-refractivity contribution in [2.24, 2.45) is 0 Å². The van der Waals surface area contributed by atoms with Crippen LogP contribution in [0.25, 0.3) is 33.3 Å². The summed E-state index contributed by atoms with van der Waals surface area (Å²) in [6.45, 7) is 0. The summed E-state index contributed by atoms with van der Waals surface area (Å²) in [7, 11) is 1.28. The summed E-state index contributed by atoms with van der Waals surface area (Å²) >= 11 is 6.10. The lowest BCUT2D eigenvalue weighted by molar-refractivity contribution is -0.736. The largest absolute Gasteiger partial charge is 0.316 e. The van der Waals surface area contributed by atoms with Gasteiger partial charge in [0.2, 0.25) is 0 Å². The Morgan fingerprint density at radius 3 is 2.45 bits per heavy atom. The number of aromatic nitrogens is 4. The van der Waals surface area contributed by atoms with Crippen LogP contribution in [0.5, 0.6) is 0 Å². The molecule has 0 bridgehead atoms. The van der Waals surface area contributed by atoms with Gasteiger partial charge >= 0.3 is 5.69 Å². The first-order chi connectivity index (χ1) is 14.1. The molecule has 8 nitrogen and oxygen atoms in total. The molecule has 0 aliphatic carbocycles. The van der Waals surface area contributed by atoms with E-state index in [1.807, 2.05) is 18.2 Å². The van der Waals surface area contributed by atoms with Gasteiger partial charge in [-0.25, -0.2) is 9.82 Å². The molecule has 0 aliphatic heterocycles. The third-order valence-electron chi connectivity index (χ3n) is 4.73. The fourth-order valence-corrected chi connectivity index (χ4v) is 3.58. The summed E-state index contributed by atoms with van der Waals surface area (Å²) in [5, 5.41) is 5.88. The predicted octanol–water partition coefficient (Wildman–Crippen LogP) is 3.81. The molecular weight excluding hydrogens is 394 g/mol. The fourth-order valence-electron chi connectivity index (χ4n) is 3.44. The van der Waals surface area contributed by atoms with Gasteiger partial charge in [-0.3, -0.25) is 9.36 Å². The second-order valence-electron chi connectivity index (χ2n) is 6.35. The van der Waals surface area contributed by atoms with Crippen LogP contribution in [0.3, 0.4) is 0 Å². The molecule has 0 aliphatic rings. The van der Waals surface area contributed by atoms with Gasteiger partial charge in [-0.15, -0.1) is 0 Å². The molecule has 5 aromatic rings. The minimum atomic E-state index is -0.227. The van der Waals surface area contributed by atoms with E-state index in [4.69, 9.17) is 11.6 Å². The minimum Gasteiger partial charge on any atom is -0.268 e. The van der Waals surface area contributed by atoms with E-state index in [1.165, 1.54) is 11.7 Å². The average molecular weight is 407 g/mol. The van der Waals surface area contributed by atoms with Crippen molar-refractivity contribution in [2.75, 3.05) is 7.11 Å². The number of fused-ring (bicyclic) bond motifs is 5.